The lowest BCUT2D eigenvalue weighted by Crippen LogP contribution is -2.48. The molecule has 0 radical (unpaired) electrons. The Hall–Kier alpha value is 0.700. The van der Waals surface area contributed by atoms with Crippen molar-refractivity contribution in [2.45, 2.75) is 37.7 Å². The molecule has 1 fully saturated rings. The van der Waals surface area contributed by atoms with Crippen LogP contribution < -0.4 is 5.32 Å². The lowest BCUT2D eigenvalue weighted by molar-refractivity contribution is 0.408. The Morgan fingerprint density at radius 1 is 1.53 bits per heavy atom. The minimum absolute atomic E-state index is 0. The highest BCUT2D eigenvalue weighted by Gasteiger charge is 2.21. The minimum atomic E-state index is 0. The van der Waals surface area contributed by atoms with E-state index in [0.717, 1.165) is 37.4 Å². The number of hydrogen-bond acceptors (Lipinski definition) is 3. The molecule has 1 aliphatic heterocycles. The van der Waals surface area contributed by atoms with Gasteiger partial charge in [0.15, 0.2) is 5.96 Å². The highest BCUT2D eigenvalue weighted by Crippen LogP contribution is 2.21. The van der Waals surface area contributed by atoms with Gasteiger partial charge >= 0.3 is 0 Å². The van der Waals surface area contributed by atoms with Crippen LogP contribution in [0.4, 0.5) is 0 Å². The maximum absolute atomic E-state index is 4.78. The van der Waals surface area contributed by atoms with Gasteiger partial charge in [0.1, 0.15) is 0 Å². The minimum Gasteiger partial charge on any atom is -0.357 e. The van der Waals surface area contributed by atoms with Crippen LogP contribution in [0, 0.1) is 0 Å². The van der Waals surface area contributed by atoms with Crippen LogP contribution in [0.3, 0.4) is 0 Å². The van der Waals surface area contributed by atoms with E-state index in [1.165, 1.54) is 12.2 Å². The third-order valence-corrected chi connectivity index (χ3v) is 5.45. The molecule has 1 rings (SSSR count). The molecule has 0 spiro atoms. The molecule has 1 saturated heterocycles. The van der Waals surface area contributed by atoms with Gasteiger partial charge in [-0.1, -0.05) is 13.8 Å². The van der Waals surface area contributed by atoms with Crippen LogP contribution >= 0.6 is 47.5 Å². The first-order valence-electron chi connectivity index (χ1n) is 6.88. The Labute approximate surface area is 144 Å². The van der Waals surface area contributed by atoms with Crippen LogP contribution in [0.15, 0.2) is 4.99 Å². The van der Waals surface area contributed by atoms with Gasteiger partial charge in [0.2, 0.25) is 0 Å². The SMILES string of the molecule is CCNC(=NCC(C)SC)N1CCSC(CC)C1.I. The van der Waals surface area contributed by atoms with E-state index in [0.29, 0.717) is 5.25 Å². The van der Waals surface area contributed by atoms with E-state index in [4.69, 9.17) is 4.99 Å². The molecule has 0 amide bonds. The maximum Gasteiger partial charge on any atom is 0.194 e. The molecule has 0 aliphatic carbocycles. The molecule has 19 heavy (non-hydrogen) atoms. The molecule has 114 valence electrons. The Bertz CT molecular complexity index is 264. The normalized spacial score (nSPS) is 21.8. The number of rotatable bonds is 5. The molecule has 1 heterocycles. The lowest BCUT2D eigenvalue weighted by Gasteiger charge is -2.34. The summed E-state index contributed by atoms with van der Waals surface area (Å²) in [5.41, 5.74) is 0. The van der Waals surface area contributed by atoms with E-state index in [9.17, 15) is 0 Å². The van der Waals surface area contributed by atoms with E-state index in [2.05, 4.69) is 49.0 Å². The van der Waals surface area contributed by atoms with Crippen LogP contribution in [-0.4, -0.2) is 59.5 Å². The third kappa shape index (κ3) is 7.32. The number of aliphatic imine (C=N–C) groups is 1. The van der Waals surface area contributed by atoms with Crippen LogP contribution in [-0.2, 0) is 0 Å². The van der Waals surface area contributed by atoms with Crippen LogP contribution in [0.1, 0.15) is 27.2 Å². The molecule has 0 aromatic heterocycles. The van der Waals surface area contributed by atoms with Gasteiger partial charge in [-0.3, -0.25) is 4.99 Å². The summed E-state index contributed by atoms with van der Waals surface area (Å²) in [6, 6.07) is 0. The van der Waals surface area contributed by atoms with Crippen molar-refractivity contribution < 1.29 is 0 Å². The van der Waals surface area contributed by atoms with E-state index in [1.807, 2.05) is 11.8 Å². The van der Waals surface area contributed by atoms with Gasteiger partial charge in [-0.05, 0) is 19.6 Å². The molecule has 0 bridgehead atoms. The fraction of sp³-hybridized carbons (Fsp3) is 0.923. The van der Waals surface area contributed by atoms with Crippen molar-refractivity contribution in [1.29, 1.82) is 0 Å². The average Bonchev–Trinajstić information content (AvgIpc) is 2.43. The molecule has 0 saturated carbocycles. The standard InChI is InChI=1S/C13H27N3S2.HI/c1-5-12-10-16(7-8-18-12)13(14-6-2)15-9-11(3)17-4;/h11-12H,5-10H2,1-4H3,(H,14,15);1H. The van der Waals surface area contributed by atoms with Gasteiger partial charge in [-0.15, -0.1) is 24.0 Å². The van der Waals surface area contributed by atoms with Crippen LogP contribution in [0.2, 0.25) is 0 Å². The van der Waals surface area contributed by atoms with Crippen molar-refractivity contribution in [1.82, 2.24) is 10.2 Å². The topological polar surface area (TPSA) is 27.6 Å². The second-order valence-electron chi connectivity index (χ2n) is 4.59. The largest absolute Gasteiger partial charge is 0.357 e. The Kier molecular flexibility index (Phi) is 11.8. The summed E-state index contributed by atoms with van der Waals surface area (Å²) in [6.45, 7) is 10.8. The summed E-state index contributed by atoms with van der Waals surface area (Å²) >= 11 is 3.98. The predicted octanol–water partition coefficient (Wildman–Crippen LogP) is 3.15. The highest BCUT2D eigenvalue weighted by atomic mass is 127. The summed E-state index contributed by atoms with van der Waals surface area (Å²) < 4.78 is 0. The van der Waals surface area contributed by atoms with Crippen molar-refractivity contribution in [3.63, 3.8) is 0 Å². The number of guanidine groups is 1. The summed E-state index contributed by atoms with van der Waals surface area (Å²) in [6.07, 6.45) is 3.40. The van der Waals surface area contributed by atoms with Gasteiger partial charge in [-0.2, -0.15) is 23.5 Å². The van der Waals surface area contributed by atoms with Crippen molar-refractivity contribution in [2.75, 3.05) is 38.2 Å². The molecule has 1 aliphatic rings. The van der Waals surface area contributed by atoms with Gasteiger partial charge in [0, 0.05) is 35.9 Å². The van der Waals surface area contributed by atoms with Gasteiger partial charge in [0.25, 0.3) is 0 Å². The summed E-state index contributed by atoms with van der Waals surface area (Å²) in [5, 5.41) is 4.80. The van der Waals surface area contributed by atoms with Crippen molar-refractivity contribution in [3.05, 3.63) is 0 Å². The second-order valence-corrected chi connectivity index (χ2v) is 7.27. The molecular weight excluding hydrogens is 389 g/mol. The molecule has 0 aromatic carbocycles. The molecule has 6 heteroatoms. The molecule has 2 unspecified atom stereocenters. The monoisotopic (exact) mass is 417 g/mol. The first-order valence-corrected chi connectivity index (χ1v) is 9.22. The van der Waals surface area contributed by atoms with Crippen LogP contribution in [0.5, 0.6) is 0 Å². The Balaban J connectivity index is 0.00000324. The first kappa shape index (κ1) is 19.7. The average molecular weight is 417 g/mol. The zero-order chi connectivity index (χ0) is 13.4. The van der Waals surface area contributed by atoms with E-state index < -0.39 is 0 Å². The van der Waals surface area contributed by atoms with Crippen molar-refractivity contribution in [3.8, 4) is 0 Å². The zero-order valence-electron chi connectivity index (χ0n) is 12.5. The number of hydrogen-bond donors (Lipinski definition) is 1. The maximum atomic E-state index is 4.78. The Morgan fingerprint density at radius 2 is 2.26 bits per heavy atom. The predicted molar refractivity (Wildman–Crippen MR) is 102 cm³/mol. The number of thioether (sulfide) groups is 2. The summed E-state index contributed by atoms with van der Waals surface area (Å²) in [4.78, 5) is 7.21. The van der Waals surface area contributed by atoms with Crippen LogP contribution in [0.25, 0.3) is 0 Å². The van der Waals surface area contributed by atoms with E-state index in [-0.39, 0.29) is 24.0 Å². The molecule has 2 atom stereocenters. The fourth-order valence-corrected chi connectivity index (χ4v) is 3.28. The van der Waals surface area contributed by atoms with Gasteiger partial charge < -0.3 is 10.2 Å². The van der Waals surface area contributed by atoms with Crippen molar-refractivity contribution >= 4 is 53.5 Å². The van der Waals surface area contributed by atoms with E-state index in [1.54, 1.807) is 0 Å². The molecule has 3 nitrogen and oxygen atoms in total. The number of nitrogens with zero attached hydrogens (tertiary/aromatic N) is 2. The molecule has 1 N–H and O–H groups in total. The molecular formula is C13H28IN3S2. The quantitative estimate of drug-likeness (QED) is 0.423. The van der Waals surface area contributed by atoms with Crippen molar-refractivity contribution in [2.24, 2.45) is 4.99 Å². The third-order valence-electron chi connectivity index (χ3n) is 3.13. The lowest BCUT2D eigenvalue weighted by atomic mass is 10.3. The van der Waals surface area contributed by atoms with E-state index >= 15 is 0 Å². The second kappa shape index (κ2) is 11.4. The first-order chi connectivity index (χ1) is 8.71. The van der Waals surface area contributed by atoms with Gasteiger partial charge in [0.05, 0.1) is 6.54 Å². The zero-order valence-corrected chi connectivity index (χ0v) is 16.5. The summed E-state index contributed by atoms with van der Waals surface area (Å²) in [5.74, 6) is 2.33. The van der Waals surface area contributed by atoms with Gasteiger partial charge in [-0.25, -0.2) is 0 Å². The number of nitrogens with one attached hydrogen (secondary N) is 1. The fourth-order valence-electron chi connectivity index (χ4n) is 1.87. The smallest absolute Gasteiger partial charge is 0.194 e. The number of halogens is 1. The highest BCUT2D eigenvalue weighted by molar-refractivity contribution is 14.0. The Morgan fingerprint density at radius 3 is 2.84 bits per heavy atom. The molecule has 0 aromatic rings. The summed E-state index contributed by atoms with van der Waals surface area (Å²) in [7, 11) is 0.